The summed E-state index contributed by atoms with van der Waals surface area (Å²) < 4.78 is 6.30. The van der Waals surface area contributed by atoms with Crippen molar-refractivity contribution in [2.45, 2.75) is 12.5 Å². The van der Waals surface area contributed by atoms with Gasteiger partial charge < -0.3 is 10.3 Å². The first kappa shape index (κ1) is 14.0. The van der Waals surface area contributed by atoms with E-state index in [0.717, 1.165) is 15.6 Å². The molecule has 0 radical (unpaired) electrons. The highest BCUT2D eigenvalue weighted by Gasteiger charge is 2.13. The minimum atomic E-state index is -0.149. The normalized spacial score (nSPS) is 12.3. The highest BCUT2D eigenvalue weighted by atomic mass is 79.9. The zero-order chi connectivity index (χ0) is 14.7. The maximum Gasteiger partial charge on any atom is 0.228 e. The molecule has 0 amide bonds. The van der Waals surface area contributed by atoms with Crippen molar-refractivity contribution >= 4 is 15.9 Å². The van der Waals surface area contributed by atoms with Crippen LogP contribution in [0.1, 0.15) is 17.5 Å². The number of nitrogens with two attached hydrogens (primary N) is 1. The van der Waals surface area contributed by atoms with Gasteiger partial charge in [-0.2, -0.15) is 4.98 Å². The van der Waals surface area contributed by atoms with E-state index >= 15 is 0 Å². The summed E-state index contributed by atoms with van der Waals surface area (Å²) in [5.41, 5.74) is 8.14. The third-order valence-electron chi connectivity index (χ3n) is 3.19. The lowest BCUT2D eigenvalue weighted by Gasteiger charge is -2.08. The minimum Gasteiger partial charge on any atom is -0.339 e. The van der Waals surface area contributed by atoms with Crippen molar-refractivity contribution in [3.63, 3.8) is 0 Å². The summed E-state index contributed by atoms with van der Waals surface area (Å²) in [6.07, 6.45) is 0.521. The average Bonchev–Trinajstić information content (AvgIpc) is 2.97. The summed E-state index contributed by atoms with van der Waals surface area (Å²) in [5, 5.41) is 4.01. The quantitative estimate of drug-likeness (QED) is 0.783. The van der Waals surface area contributed by atoms with E-state index in [1.54, 1.807) is 0 Å². The van der Waals surface area contributed by atoms with Crippen molar-refractivity contribution in [2.75, 3.05) is 0 Å². The van der Waals surface area contributed by atoms with Gasteiger partial charge in [-0.05, 0) is 29.8 Å². The molecule has 0 spiro atoms. The van der Waals surface area contributed by atoms with Gasteiger partial charge in [-0.3, -0.25) is 0 Å². The lowest BCUT2D eigenvalue weighted by Crippen LogP contribution is -2.13. The number of hydrogen-bond acceptors (Lipinski definition) is 4. The van der Waals surface area contributed by atoms with Crippen molar-refractivity contribution in [3.05, 3.63) is 70.5 Å². The van der Waals surface area contributed by atoms with Crippen LogP contribution in [0.4, 0.5) is 0 Å². The van der Waals surface area contributed by atoms with Crippen LogP contribution in [0.15, 0.2) is 63.6 Å². The van der Waals surface area contributed by atoms with Gasteiger partial charge in [0.25, 0.3) is 0 Å². The SMILES string of the molecule is NC(Cc1nc(-c2ccc(Br)cc2)no1)c1ccccc1. The summed E-state index contributed by atoms with van der Waals surface area (Å²) in [6, 6.07) is 17.5. The lowest BCUT2D eigenvalue weighted by atomic mass is 10.1. The van der Waals surface area contributed by atoms with E-state index in [1.165, 1.54) is 0 Å². The van der Waals surface area contributed by atoms with Crippen LogP contribution in [0.25, 0.3) is 11.4 Å². The second-order valence-corrected chi connectivity index (χ2v) is 5.66. The van der Waals surface area contributed by atoms with E-state index < -0.39 is 0 Å². The average molecular weight is 344 g/mol. The molecule has 21 heavy (non-hydrogen) atoms. The van der Waals surface area contributed by atoms with Crippen LogP contribution in [0.3, 0.4) is 0 Å². The Balaban J connectivity index is 1.75. The molecule has 3 rings (SSSR count). The minimum absolute atomic E-state index is 0.149. The highest BCUT2D eigenvalue weighted by Crippen LogP contribution is 2.21. The Labute approximate surface area is 131 Å². The van der Waals surface area contributed by atoms with Gasteiger partial charge in [0, 0.05) is 22.5 Å². The van der Waals surface area contributed by atoms with Crippen molar-refractivity contribution in [3.8, 4) is 11.4 Å². The molecule has 0 aliphatic rings. The molecule has 1 unspecified atom stereocenters. The van der Waals surface area contributed by atoms with Crippen molar-refractivity contribution in [1.82, 2.24) is 10.1 Å². The van der Waals surface area contributed by atoms with Gasteiger partial charge in [-0.25, -0.2) is 0 Å². The Morgan fingerprint density at radius 2 is 1.76 bits per heavy atom. The largest absolute Gasteiger partial charge is 0.339 e. The fourth-order valence-electron chi connectivity index (χ4n) is 2.06. The zero-order valence-electron chi connectivity index (χ0n) is 11.2. The Morgan fingerprint density at radius 1 is 1.05 bits per heavy atom. The van der Waals surface area contributed by atoms with Gasteiger partial charge in [0.1, 0.15) is 0 Å². The zero-order valence-corrected chi connectivity index (χ0v) is 12.8. The molecule has 2 aromatic carbocycles. The van der Waals surface area contributed by atoms with E-state index in [2.05, 4.69) is 26.1 Å². The van der Waals surface area contributed by atoms with Crippen LogP contribution in [-0.2, 0) is 6.42 Å². The van der Waals surface area contributed by atoms with Gasteiger partial charge in [0.15, 0.2) is 0 Å². The van der Waals surface area contributed by atoms with Crippen molar-refractivity contribution in [2.24, 2.45) is 5.73 Å². The molecule has 0 fully saturated rings. The van der Waals surface area contributed by atoms with Gasteiger partial charge in [-0.15, -0.1) is 0 Å². The van der Waals surface area contributed by atoms with Crippen LogP contribution >= 0.6 is 15.9 Å². The number of halogens is 1. The number of benzene rings is 2. The predicted molar refractivity (Wildman–Crippen MR) is 84.5 cm³/mol. The van der Waals surface area contributed by atoms with E-state index in [-0.39, 0.29) is 6.04 Å². The topological polar surface area (TPSA) is 64.9 Å². The smallest absolute Gasteiger partial charge is 0.228 e. The molecule has 4 nitrogen and oxygen atoms in total. The number of nitrogens with zero attached hydrogens (tertiary/aromatic N) is 2. The molecule has 3 aromatic rings. The van der Waals surface area contributed by atoms with Crippen LogP contribution in [0, 0.1) is 0 Å². The maximum absolute atomic E-state index is 6.16. The van der Waals surface area contributed by atoms with Gasteiger partial charge in [-0.1, -0.05) is 51.4 Å². The van der Waals surface area contributed by atoms with Gasteiger partial charge in [0.05, 0.1) is 0 Å². The molecule has 0 aliphatic carbocycles. The Bertz CT molecular complexity index is 710. The number of aromatic nitrogens is 2. The Hall–Kier alpha value is -1.98. The van der Waals surface area contributed by atoms with E-state index in [4.69, 9.17) is 10.3 Å². The third kappa shape index (κ3) is 3.37. The van der Waals surface area contributed by atoms with Crippen LogP contribution in [-0.4, -0.2) is 10.1 Å². The molecule has 0 saturated carbocycles. The van der Waals surface area contributed by atoms with E-state index in [9.17, 15) is 0 Å². The second-order valence-electron chi connectivity index (χ2n) is 4.74. The number of rotatable bonds is 4. The molecule has 2 N–H and O–H groups in total. The molecule has 106 valence electrons. The van der Waals surface area contributed by atoms with Crippen molar-refractivity contribution in [1.29, 1.82) is 0 Å². The molecular weight excluding hydrogens is 330 g/mol. The monoisotopic (exact) mass is 343 g/mol. The van der Waals surface area contributed by atoms with E-state index in [0.29, 0.717) is 18.1 Å². The van der Waals surface area contributed by atoms with E-state index in [1.807, 2.05) is 54.6 Å². The van der Waals surface area contributed by atoms with Crippen molar-refractivity contribution < 1.29 is 4.52 Å². The molecule has 0 bridgehead atoms. The first-order valence-corrected chi connectivity index (χ1v) is 7.41. The molecule has 5 heteroatoms. The lowest BCUT2D eigenvalue weighted by molar-refractivity contribution is 0.370. The maximum atomic E-state index is 6.16. The fraction of sp³-hybridized carbons (Fsp3) is 0.125. The van der Waals surface area contributed by atoms with Crippen LogP contribution in [0.2, 0.25) is 0 Å². The third-order valence-corrected chi connectivity index (χ3v) is 3.72. The first-order valence-electron chi connectivity index (χ1n) is 6.61. The second kappa shape index (κ2) is 6.20. The molecule has 1 aromatic heterocycles. The Kier molecular flexibility index (Phi) is 4.13. The number of hydrogen-bond donors (Lipinski definition) is 1. The first-order chi connectivity index (χ1) is 10.2. The molecule has 1 heterocycles. The van der Waals surface area contributed by atoms with Crippen LogP contribution in [0.5, 0.6) is 0 Å². The van der Waals surface area contributed by atoms with Gasteiger partial charge in [0.2, 0.25) is 11.7 Å². The summed E-state index contributed by atoms with van der Waals surface area (Å²) in [5.74, 6) is 1.13. The molecular formula is C16H14BrN3O. The molecule has 1 atom stereocenters. The standard InChI is InChI=1S/C16H14BrN3O/c17-13-8-6-12(7-9-13)16-19-15(21-20-16)10-14(18)11-4-2-1-3-5-11/h1-9,14H,10,18H2. The summed E-state index contributed by atoms with van der Waals surface area (Å²) in [6.45, 7) is 0. The summed E-state index contributed by atoms with van der Waals surface area (Å²) in [4.78, 5) is 4.40. The highest BCUT2D eigenvalue weighted by molar-refractivity contribution is 9.10. The predicted octanol–water partition coefficient (Wildman–Crippen LogP) is 3.74. The Morgan fingerprint density at radius 3 is 2.48 bits per heavy atom. The molecule has 0 saturated heterocycles. The van der Waals surface area contributed by atoms with Gasteiger partial charge >= 0.3 is 0 Å². The fourth-order valence-corrected chi connectivity index (χ4v) is 2.32. The van der Waals surface area contributed by atoms with Crippen LogP contribution < -0.4 is 5.73 Å². The molecule has 0 aliphatic heterocycles. The summed E-state index contributed by atoms with van der Waals surface area (Å²) >= 11 is 3.40. The summed E-state index contributed by atoms with van der Waals surface area (Å²) in [7, 11) is 0.